The number of rotatable bonds is 1. The van der Waals surface area contributed by atoms with Crippen molar-refractivity contribution in [3.05, 3.63) is 22.9 Å². The Morgan fingerprint density at radius 3 is 3.05 bits per heavy atom. The Kier molecular flexibility index (Phi) is 3.08. The van der Waals surface area contributed by atoms with Crippen molar-refractivity contribution < 1.29 is 4.79 Å². The molecule has 0 atom stereocenters. The Morgan fingerprint density at radius 1 is 1.32 bits per heavy atom. The van der Waals surface area contributed by atoms with E-state index in [1.807, 2.05) is 6.07 Å². The van der Waals surface area contributed by atoms with Gasteiger partial charge in [0.1, 0.15) is 11.9 Å². The first-order valence-electron chi connectivity index (χ1n) is 6.72. The molecule has 2 aliphatic rings. The Balaban J connectivity index is 1.95. The van der Waals surface area contributed by atoms with Gasteiger partial charge in [0.25, 0.3) is 0 Å². The lowest BCUT2D eigenvalue weighted by molar-refractivity contribution is -0.120. The van der Waals surface area contributed by atoms with E-state index >= 15 is 0 Å². The fourth-order valence-corrected chi connectivity index (χ4v) is 2.76. The van der Waals surface area contributed by atoms with Crippen molar-refractivity contribution in [2.45, 2.75) is 25.7 Å². The zero-order chi connectivity index (χ0) is 13.2. The number of anilines is 1. The van der Waals surface area contributed by atoms with Crippen LogP contribution in [0.4, 0.5) is 5.82 Å². The zero-order valence-corrected chi connectivity index (χ0v) is 10.8. The summed E-state index contributed by atoms with van der Waals surface area (Å²) in [7, 11) is 0. The van der Waals surface area contributed by atoms with Gasteiger partial charge in [0, 0.05) is 31.7 Å². The molecule has 0 radical (unpaired) electrons. The van der Waals surface area contributed by atoms with Crippen LogP contribution in [-0.4, -0.2) is 30.5 Å². The van der Waals surface area contributed by atoms with Crippen molar-refractivity contribution in [1.82, 2.24) is 10.3 Å². The molecule has 98 valence electrons. The predicted octanol–water partition coefficient (Wildman–Crippen LogP) is 0.768. The van der Waals surface area contributed by atoms with Crippen molar-refractivity contribution in [2.24, 2.45) is 0 Å². The summed E-state index contributed by atoms with van der Waals surface area (Å²) in [6.45, 7) is 1.96. The molecule has 3 rings (SSSR count). The standard InChI is InChI=1S/C14H16N4O/c15-9-11-8-10-2-1-3-12(10)17-14(11)18-6-4-13(19)16-5-7-18/h8H,1-7H2,(H,16,19). The second-order valence-electron chi connectivity index (χ2n) is 5.02. The molecule has 1 fully saturated rings. The first-order chi connectivity index (χ1) is 9.28. The third kappa shape index (κ3) is 2.26. The molecule has 1 aliphatic heterocycles. The van der Waals surface area contributed by atoms with E-state index < -0.39 is 0 Å². The van der Waals surface area contributed by atoms with Gasteiger partial charge in [-0.25, -0.2) is 4.98 Å². The highest BCUT2D eigenvalue weighted by Crippen LogP contribution is 2.27. The predicted molar refractivity (Wildman–Crippen MR) is 70.8 cm³/mol. The average Bonchev–Trinajstić information content (AvgIpc) is 2.77. The summed E-state index contributed by atoms with van der Waals surface area (Å²) in [5.74, 6) is 0.821. The third-order valence-electron chi connectivity index (χ3n) is 3.76. The van der Waals surface area contributed by atoms with Gasteiger partial charge in [-0.05, 0) is 30.9 Å². The number of fused-ring (bicyclic) bond motifs is 1. The van der Waals surface area contributed by atoms with E-state index in [-0.39, 0.29) is 5.91 Å². The zero-order valence-electron chi connectivity index (χ0n) is 10.8. The molecule has 0 bridgehead atoms. The Morgan fingerprint density at radius 2 is 2.21 bits per heavy atom. The van der Waals surface area contributed by atoms with Crippen LogP contribution in [0.3, 0.4) is 0 Å². The van der Waals surface area contributed by atoms with Gasteiger partial charge in [0.15, 0.2) is 0 Å². The Bertz CT molecular complexity index is 561. The van der Waals surface area contributed by atoms with E-state index in [0.717, 1.165) is 30.8 Å². The van der Waals surface area contributed by atoms with Crippen molar-refractivity contribution >= 4 is 11.7 Å². The molecular weight excluding hydrogens is 240 g/mol. The van der Waals surface area contributed by atoms with Crippen LogP contribution in [0.25, 0.3) is 0 Å². The highest BCUT2D eigenvalue weighted by molar-refractivity contribution is 5.77. The maximum Gasteiger partial charge on any atom is 0.221 e. The molecule has 0 spiro atoms. The van der Waals surface area contributed by atoms with Gasteiger partial charge in [-0.3, -0.25) is 4.79 Å². The molecule has 5 heteroatoms. The molecule has 1 aromatic heterocycles. The lowest BCUT2D eigenvalue weighted by Crippen LogP contribution is -2.30. The fourth-order valence-electron chi connectivity index (χ4n) is 2.76. The number of hydrogen-bond acceptors (Lipinski definition) is 4. The Labute approximate surface area is 112 Å². The number of carbonyl (C=O) groups is 1. The van der Waals surface area contributed by atoms with E-state index in [9.17, 15) is 10.1 Å². The highest BCUT2D eigenvalue weighted by Gasteiger charge is 2.21. The molecular formula is C14H16N4O. The molecule has 1 N–H and O–H groups in total. The smallest absolute Gasteiger partial charge is 0.221 e. The summed E-state index contributed by atoms with van der Waals surface area (Å²) in [5.41, 5.74) is 2.97. The number of nitrogens with zero attached hydrogens (tertiary/aromatic N) is 3. The van der Waals surface area contributed by atoms with E-state index in [4.69, 9.17) is 0 Å². The molecule has 1 aromatic rings. The van der Waals surface area contributed by atoms with Gasteiger partial charge < -0.3 is 10.2 Å². The summed E-state index contributed by atoms with van der Waals surface area (Å²) in [5, 5.41) is 12.1. The number of hydrogen-bond donors (Lipinski definition) is 1. The molecule has 1 saturated heterocycles. The van der Waals surface area contributed by atoms with Crippen LogP contribution in [0.1, 0.15) is 29.7 Å². The molecule has 1 aliphatic carbocycles. The van der Waals surface area contributed by atoms with E-state index in [2.05, 4.69) is 21.3 Å². The molecule has 0 aromatic carbocycles. The topological polar surface area (TPSA) is 69.0 Å². The van der Waals surface area contributed by atoms with Crippen LogP contribution in [0.2, 0.25) is 0 Å². The number of aromatic nitrogens is 1. The summed E-state index contributed by atoms with van der Waals surface area (Å²) >= 11 is 0. The second kappa shape index (κ2) is 4.88. The summed E-state index contributed by atoms with van der Waals surface area (Å²) in [6.07, 6.45) is 3.61. The monoisotopic (exact) mass is 256 g/mol. The van der Waals surface area contributed by atoms with Crippen LogP contribution in [0.5, 0.6) is 0 Å². The summed E-state index contributed by atoms with van der Waals surface area (Å²) in [6, 6.07) is 4.22. The van der Waals surface area contributed by atoms with Crippen LogP contribution in [0, 0.1) is 11.3 Å². The highest BCUT2D eigenvalue weighted by atomic mass is 16.1. The lowest BCUT2D eigenvalue weighted by Gasteiger charge is -2.22. The number of pyridine rings is 1. The SMILES string of the molecule is N#Cc1cc2c(nc1N1CCNC(=O)CC1)CCC2. The first kappa shape index (κ1) is 12.0. The summed E-state index contributed by atoms with van der Waals surface area (Å²) < 4.78 is 0. The van der Waals surface area contributed by atoms with Crippen molar-refractivity contribution in [3.8, 4) is 6.07 Å². The minimum absolute atomic E-state index is 0.0715. The number of nitrogens with one attached hydrogen (secondary N) is 1. The average molecular weight is 256 g/mol. The summed E-state index contributed by atoms with van der Waals surface area (Å²) in [4.78, 5) is 18.1. The number of carbonyl (C=O) groups excluding carboxylic acids is 1. The largest absolute Gasteiger partial charge is 0.354 e. The molecule has 5 nitrogen and oxygen atoms in total. The second-order valence-corrected chi connectivity index (χ2v) is 5.02. The normalized spacial score (nSPS) is 18.5. The first-order valence-corrected chi connectivity index (χ1v) is 6.72. The lowest BCUT2D eigenvalue weighted by atomic mass is 10.1. The van der Waals surface area contributed by atoms with Gasteiger partial charge in [0.05, 0.1) is 5.56 Å². The molecule has 2 heterocycles. The van der Waals surface area contributed by atoms with Crippen LogP contribution in [-0.2, 0) is 17.6 Å². The fraction of sp³-hybridized carbons (Fsp3) is 0.500. The maximum absolute atomic E-state index is 11.4. The van der Waals surface area contributed by atoms with Crippen LogP contribution >= 0.6 is 0 Å². The molecule has 1 amide bonds. The number of amides is 1. The Hall–Kier alpha value is -2.09. The van der Waals surface area contributed by atoms with Gasteiger partial charge in [-0.15, -0.1) is 0 Å². The van der Waals surface area contributed by atoms with Crippen molar-refractivity contribution in [1.29, 1.82) is 5.26 Å². The molecule has 19 heavy (non-hydrogen) atoms. The van der Waals surface area contributed by atoms with Crippen molar-refractivity contribution in [2.75, 3.05) is 24.5 Å². The van der Waals surface area contributed by atoms with E-state index in [1.54, 1.807) is 0 Å². The van der Waals surface area contributed by atoms with Crippen molar-refractivity contribution in [3.63, 3.8) is 0 Å². The molecule has 0 saturated carbocycles. The minimum atomic E-state index is 0.0715. The third-order valence-corrected chi connectivity index (χ3v) is 3.76. The van der Waals surface area contributed by atoms with Gasteiger partial charge in [-0.1, -0.05) is 0 Å². The van der Waals surface area contributed by atoms with Gasteiger partial charge in [-0.2, -0.15) is 5.26 Å². The molecule has 0 unspecified atom stereocenters. The van der Waals surface area contributed by atoms with E-state index in [1.165, 1.54) is 5.56 Å². The maximum atomic E-state index is 11.4. The number of nitriles is 1. The van der Waals surface area contributed by atoms with Gasteiger partial charge >= 0.3 is 0 Å². The van der Waals surface area contributed by atoms with E-state index in [0.29, 0.717) is 31.6 Å². The quantitative estimate of drug-likeness (QED) is 0.805. The van der Waals surface area contributed by atoms with Gasteiger partial charge in [0.2, 0.25) is 5.91 Å². The number of aryl methyl sites for hydroxylation is 2. The van der Waals surface area contributed by atoms with Crippen LogP contribution in [0.15, 0.2) is 6.07 Å². The van der Waals surface area contributed by atoms with Crippen LogP contribution < -0.4 is 10.2 Å². The minimum Gasteiger partial charge on any atom is -0.354 e.